The number of carbonyl (C=O) groups is 1. The van der Waals surface area contributed by atoms with E-state index in [0.29, 0.717) is 6.42 Å². The zero-order valence-corrected chi connectivity index (χ0v) is 11.1. The van der Waals surface area contributed by atoms with Crippen LogP contribution in [0, 0.1) is 5.82 Å². The first-order chi connectivity index (χ1) is 8.70. The summed E-state index contributed by atoms with van der Waals surface area (Å²) in [5.74, 6) is -1.96. The van der Waals surface area contributed by atoms with Crippen molar-refractivity contribution in [3.05, 3.63) is 23.5 Å². The lowest BCUT2D eigenvalue weighted by Gasteiger charge is -2.09. The van der Waals surface area contributed by atoms with Gasteiger partial charge in [0, 0.05) is 18.5 Å². The van der Waals surface area contributed by atoms with Crippen molar-refractivity contribution < 1.29 is 22.7 Å². The number of nitrogen functional groups attached to an aromatic ring is 1. The van der Waals surface area contributed by atoms with Crippen molar-refractivity contribution in [2.75, 3.05) is 29.6 Å². The number of carboxylic acid groups (broad SMARTS) is 1. The fourth-order valence-corrected chi connectivity index (χ4v) is 2.14. The smallest absolute Gasteiger partial charge is 0.337 e. The second-order valence-electron chi connectivity index (χ2n) is 4.13. The second-order valence-corrected chi connectivity index (χ2v) is 6.39. The van der Waals surface area contributed by atoms with E-state index in [4.69, 9.17) is 10.8 Å². The zero-order valence-electron chi connectivity index (χ0n) is 10.3. The van der Waals surface area contributed by atoms with E-state index < -0.39 is 21.6 Å². The number of benzene rings is 1. The summed E-state index contributed by atoms with van der Waals surface area (Å²) < 4.78 is 35.3. The quantitative estimate of drug-likeness (QED) is 0.531. The van der Waals surface area contributed by atoms with E-state index in [1.807, 2.05) is 0 Å². The highest BCUT2D eigenvalue weighted by Crippen LogP contribution is 2.22. The molecule has 0 aliphatic rings. The Balaban J connectivity index is 2.73. The number of halogens is 1. The van der Waals surface area contributed by atoms with Crippen LogP contribution in [0.15, 0.2) is 12.1 Å². The Morgan fingerprint density at radius 1 is 1.47 bits per heavy atom. The van der Waals surface area contributed by atoms with Crippen LogP contribution in [0.5, 0.6) is 0 Å². The van der Waals surface area contributed by atoms with E-state index in [1.165, 1.54) is 0 Å². The van der Waals surface area contributed by atoms with Crippen LogP contribution in [-0.2, 0) is 9.84 Å². The standard InChI is InChI=1S/C11H15FN2O4S/c1-19(17,18)4-2-3-14-10-5-7(11(15)16)9(13)6-8(10)12/h5-6,14H,2-4,13H2,1H3,(H,15,16). The molecule has 0 atom stereocenters. The fraction of sp³-hybridized carbons (Fsp3) is 0.364. The average molecular weight is 290 g/mol. The molecular weight excluding hydrogens is 275 g/mol. The first-order valence-electron chi connectivity index (χ1n) is 5.44. The van der Waals surface area contributed by atoms with Gasteiger partial charge in [0.15, 0.2) is 0 Å². The average Bonchev–Trinajstić information content (AvgIpc) is 2.24. The largest absolute Gasteiger partial charge is 0.478 e. The van der Waals surface area contributed by atoms with Gasteiger partial charge in [-0.05, 0) is 18.6 Å². The van der Waals surface area contributed by atoms with Crippen LogP contribution in [0.3, 0.4) is 0 Å². The predicted octanol–water partition coefficient (Wildman–Crippen LogP) is 0.953. The summed E-state index contributed by atoms with van der Waals surface area (Å²) in [5.41, 5.74) is 5.00. The summed E-state index contributed by atoms with van der Waals surface area (Å²) in [6.45, 7) is 0.215. The molecule has 0 aliphatic heterocycles. The number of carboxylic acids is 1. The van der Waals surface area contributed by atoms with E-state index in [9.17, 15) is 17.6 Å². The van der Waals surface area contributed by atoms with Crippen LogP contribution in [-0.4, -0.2) is 38.0 Å². The minimum absolute atomic E-state index is 0.0138. The Bertz CT molecular complexity index is 587. The molecule has 0 bridgehead atoms. The Hall–Kier alpha value is -1.83. The summed E-state index contributed by atoms with van der Waals surface area (Å²) >= 11 is 0. The molecule has 0 aromatic heterocycles. The number of rotatable bonds is 6. The molecule has 106 valence electrons. The highest BCUT2D eigenvalue weighted by Gasteiger charge is 2.13. The Labute approximate surface area is 110 Å². The van der Waals surface area contributed by atoms with Crippen molar-refractivity contribution in [3.8, 4) is 0 Å². The molecule has 8 heteroatoms. The van der Waals surface area contributed by atoms with Gasteiger partial charge in [0.25, 0.3) is 0 Å². The molecule has 0 heterocycles. The molecule has 0 saturated heterocycles. The Morgan fingerprint density at radius 2 is 2.11 bits per heavy atom. The molecule has 0 unspecified atom stereocenters. The summed E-state index contributed by atoms with van der Waals surface area (Å²) in [6, 6.07) is 2.01. The SMILES string of the molecule is CS(=O)(=O)CCCNc1cc(C(=O)O)c(N)cc1F. The van der Waals surface area contributed by atoms with Crippen molar-refractivity contribution in [1.29, 1.82) is 0 Å². The zero-order chi connectivity index (χ0) is 14.6. The molecular formula is C11H15FN2O4S. The third-order valence-electron chi connectivity index (χ3n) is 2.38. The minimum Gasteiger partial charge on any atom is -0.478 e. The normalized spacial score (nSPS) is 11.3. The number of aromatic carboxylic acids is 1. The summed E-state index contributed by atoms with van der Waals surface area (Å²) in [6.07, 6.45) is 1.41. The van der Waals surface area contributed by atoms with Crippen LogP contribution in [0.2, 0.25) is 0 Å². The highest BCUT2D eigenvalue weighted by atomic mass is 32.2. The maximum absolute atomic E-state index is 13.5. The summed E-state index contributed by atoms with van der Waals surface area (Å²) in [5, 5.41) is 11.5. The predicted molar refractivity (Wildman–Crippen MR) is 70.6 cm³/mol. The van der Waals surface area contributed by atoms with Crippen LogP contribution >= 0.6 is 0 Å². The van der Waals surface area contributed by atoms with E-state index in [2.05, 4.69) is 5.32 Å². The molecule has 0 amide bonds. The first-order valence-corrected chi connectivity index (χ1v) is 7.50. The molecule has 0 radical (unpaired) electrons. The Morgan fingerprint density at radius 3 is 2.63 bits per heavy atom. The minimum atomic E-state index is -3.06. The topological polar surface area (TPSA) is 109 Å². The van der Waals surface area contributed by atoms with Crippen molar-refractivity contribution >= 4 is 27.2 Å². The van der Waals surface area contributed by atoms with Crippen molar-refractivity contribution in [1.82, 2.24) is 0 Å². The van der Waals surface area contributed by atoms with E-state index >= 15 is 0 Å². The van der Waals surface area contributed by atoms with Gasteiger partial charge in [-0.3, -0.25) is 0 Å². The molecule has 6 nitrogen and oxygen atoms in total. The Kier molecular flexibility index (Phi) is 4.71. The lowest BCUT2D eigenvalue weighted by Crippen LogP contribution is -2.12. The lowest BCUT2D eigenvalue weighted by molar-refractivity contribution is 0.0698. The highest BCUT2D eigenvalue weighted by molar-refractivity contribution is 7.90. The number of sulfone groups is 1. The molecule has 19 heavy (non-hydrogen) atoms. The molecule has 0 saturated carbocycles. The van der Waals surface area contributed by atoms with Crippen molar-refractivity contribution in [3.63, 3.8) is 0 Å². The van der Waals surface area contributed by atoms with Crippen LogP contribution < -0.4 is 11.1 Å². The summed E-state index contributed by atoms with van der Waals surface area (Å²) in [7, 11) is -3.06. The van der Waals surface area contributed by atoms with Crippen molar-refractivity contribution in [2.24, 2.45) is 0 Å². The molecule has 1 aromatic carbocycles. The van der Waals surface area contributed by atoms with Gasteiger partial charge in [-0.1, -0.05) is 0 Å². The van der Waals surface area contributed by atoms with Gasteiger partial charge < -0.3 is 16.2 Å². The van der Waals surface area contributed by atoms with Crippen LogP contribution in [0.25, 0.3) is 0 Å². The van der Waals surface area contributed by atoms with Gasteiger partial charge in [0.1, 0.15) is 15.7 Å². The van der Waals surface area contributed by atoms with Gasteiger partial charge in [-0.25, -0.2) is 17.6 Å². The van der Waals surface area contributed by atoms with Gasteiger partial charge in [0.05, 0.1) is 17.0 Å². The number of nitrogens with one attached hydrogen (secondary N) is 1. The maximum atomic E-state index is 13.5. The third kappa shape index (κ3) is 4.74. The molecule has 0 spiro atoms. The van der Waals surface area contributed by atoms with Gasteiger partial charge in [0.2, 0.25) is 0 Å². The van der Waals surface area contributed by atoms with Gasteiger partial charge in [-0.15, -0.1) is 0 Å². The fourth-order valence-electron chi connectivity index (χ4n) is 1.47. The third-order valence-corrected chi connectivity index (χ3v) is 3.41. The van der Waals surface area contributed by atoms with Crippen LogP contribution in [0.1, 0.15) is 16.8 Å². The number of nitrogens with two attached hydrogens (primary N) is 1. The van der Waals surface area contributed by atoms with Crippen molar-refractivity contribution in [2.45, 2.75) is 6.42 Å². The van der Waals surface area contributed by atoms with Gasteiger partial charge >= 0.3 is 5.97 Å². The van der Waals surface area contributed by atoms with E-state index in [0.717, 1.165) is 18.4 Å². The number of anilines is 2. The maximum Gasteiger partial charge on any atom is 0.337 e. The first kappa shape index (κ1) is 15.2. The van der Waals surface area contributed by atoms with Gasteiger partial charge in [-0.2, -0.15) is 0 Å². The molecule has 0 aliphatic carbocycles. The monoisotopic (exact) mass is 290 g/mol. The van der Waals surface area contributed by atoms with E-state index in [1.54, 1.807) is 0 Å². The summed E-state index contributed by atoms with van der Waals surface area (Å²) in [4.78, 5) is 10.8. The van der Waals surface area contributed by atoms with Crippen LogP contribution in [0.4, 0.5) is 15.8 Å². The molecule has 1 rings (SSSR count). The molecule has 0 fully saturated rings. The van der Waals surface area contributed by atoms with E-state index in [-0.39, 0.29) is 29.2 Å². The second kappa shape index (κ2) is 5.87. The number of hydrogen-bond donors (Lipinski definition) is 3. The molecule has 4 N–H and O–H groups in total. The molecule has 1 aromatic rings. The lowest BCUT2D eigenvalue weighted by atomic mass is 10.1. The number of hydrogen-bond acceptors (Lipinski definition) is 5.